The molecular formula is C8H5N3O3. The first kappa shape index (κ1) is 9.67. The third-order valence-corrected chi connectivity index (χ3v) is 1.55. The molecule has 0 aliphatic rings. The molecule has 1 aromatic carbocycles. The van der Waals surface area contributed by atoms with Crippen molar-refractivity contribution in [3.8, 4) is 6.07 Å². The van der Waals surface area contributed by atoms with Crippen molar-refractivity contribution in [3.05, 3.63) is 39.4 Å². The minimum Gasteiger partial charge on any atom is -0.411 e. The van der Waals surface area contributed by atoms with Gasteiger partial charge in [0.15, 0.2) is 0 Å². The van der Waals surface area contributed by atoms with Gasteiger partial charge in [0.2, 0.25) is 0 Å². The molecule has 0 aliphatic carbocycles. The molecule has 0 saturated carbocycles. The van der Waals surface area contributed by atoms with Crippen LogP contribution in [0.25, 0.3) is 0 Å². The van der Waals surface area contributed by atoms with E-state index in [0.29, 0.717) is 0 Å². The largest absolute Gasteiger partial charge is 0.411 e. The standard InChI is InChI=1S/C8H5N3O3/c9-4-6-1-2-7(5-10-12)8(3-6)11(13)14/h1-3,5,12H/b10-5+. The Bertz CT molecular complexity index is 434. The molecule has 0 fully saturated rings. The maximum absolute atomic E-state index is 10.5. The average Bonchev–Trinajstić information content (AvgIpc) is 2.18. The van der Waals surface area contributed by atoms with Crippen molar-refractivity contribution in [2.75, 3.05) is 0 Å². The Morgan fingerprint density at radius 3 is 2.86 bits per heavy atom. The van der Waals surface area contributed by atoms with Crippen LogP contribution in [0.15, 0.2) is 23.4 Å². The summed E-state index contributed by atoms with van der Waals surface area (Å²) in [5, 5.41) is 30.0. The number of nitro groups is 1. The molecule has 0 saturated heterocycles. The van der Waals surface area contributed by atoms with Crippen molar-refractivity contribution < 1.29 is 10.1 Å². The summed E-state index contributed by atoms with van der Waals surface area (Å²) in [6, 6.07) is 5.65. The summed E-state index contributed by atoms with van der Waals surface area (Å²) < 4.78 is 0. The van der Waals surface area contributed by atoms with Crippen LogP contribution in [-0.4, -0.2) is 16.3 Å². The molecular weight excluding hydrogens is 186 g/mol. The zero-order valence-electron chi connectivity index (χ0n) is 6.91. The minimum absolute atomic E-state index is 0.150. The lowest BCUT2D eigenvalue weighted by molar-refractivity contribution is -0.385. The van der Waals surface area contributed by atoms with Crippen LogP contribution in [0.3, 0.4) is 0 Å². The van der Waals surface area contributed by atoms with Gasteiger partial charge in [-0.3, -0.25) is 10.1 Å². The second kappa shape index (κ2) is 4.00. The molecule has 0 heterocycles. The van der Waals surface area contributed by atoms with Gasteiger partial charge in [-0.1, -0.05) is 5.16 Å². The van der Waals surface area contributed by atoms with Crippen molar-refractivity contribution in [1.82, 2.24) is 0 Å². The summed E-state index contributed by atoms with van der Waals surface area (Å²) in [4.78, 5) is 9.88. The Labute approximate surface area is 78.9 Å². The van der Waals surface area contributed by atoms with E-state index < -0.39 is 4.92 Å². The van der Waals surface area contributed by atoms with Gasteiger partial charge in [0, 0.05) is 6.07 Å². The van der Waals surface area contributed by atoms with E-state index in [1.165, 1.54) is 12.1 Å². The van der Waals surface area contributed by atoms with Crippen molar-refractivity contribution in [3.63, 3.8) is 0 Å². The lowest BCUT2D eigenvalue weighted by Gasteiger charge is -1.95. The molecule has 6 nitrogen and oxygen atoms in total. The maximum Gasteiger partial charge on any atom is 0.279 e. The Hall–Kier alpha value is -2.42. The van der Waals surface area contributed by atoms with Gasteiger partial charge in [-0.2, -0.15) is 5.26 Å². The number of hydrogen-bond donors (Lipinski definition) is 1. The molecule has 0 radical (unpaired) electrons. The van der Waals surface area contributed by atoms with Crippen LogP contribution in [-0.2, 0) is 0 Å². The summed E-state index contributed by atoms with van der Waals surface area (Å²) >= 11 is 0. The van der Waals surface area contributed by atoms with Crippen molar-refractivity contribution >= 4 is 11.9 Å². The van der Waals surface area contributed by atoms with Gasteiger partial charge < -0.3 is 5.21 Å². The van der Waals surface area contributed by atoms with Gasteiger partial charge >= 0.3 is 0 Å². The first-order valence-electron chi connectivity index (χ1n) is 3.55. The predicted molar refractivity (Wildman–Crippen MR) is 47.2 cm³/mol. The Morgan fingerprint density at radius 2 is 2.36 bits per heavy atom. The van der Waals surface area contributed by atoms with Crippen LogP contribution in [0, 0.1) is 21.4 Å². The Balaban J connectivity index is 3.32. The highest BCUT2D eigenvalue weighted by Gasteiger charge is 2.12. The first-order valence-corrected chi connectivity index (χ1v) is 3.55. The van der Waals surface area contributed by atoms with Gasteiger partial charge in [-0.05, 0) is 12.1 Å². The van der Waals surface area contributed by atoms with Gasteiger partial charge in [0.25, 0.3) is 5.69 Å². The molecule has 1 aromatic rings. The fourth-order valence-corrected chi connectivity index (χ4v) is 0.943. The van der Waals surface area contributed by atoms with Crippen LogP contribution in [0.2, 0.25) is 0 Å². The van der Waals surface area contributed by atoms with E-state index in [0.717, 1.165) is 12.3 Å². The number of nitrogens with zero attached hydrogens (tertiary/aromatic N) is 3. The number of hydrogen-bond acceptors (Lipinski definition) is 5. The average molecular weight is 191 g/mol. The highest BCUT2D eigenvalue weighted by molar-refractivity contribution is 5.85. The topological polar surface area (TPSA) is 99.5 Å². The van der Waals surface area contributed by atoms with E-state index in [-0.39, 0.29) is 16.8 Å². The van der Waals surface area contributed by atoms with Crippen LogP contribution < -0.4 is 0 Å². The first-order chi connectivity index (χ1) is 6.69. The second-order valence-corrected chi connectivity index (χ2v) is 2.39. The van der Waals surface area contributed by atoms with E-state index in [4.69, 9.17) is 10.5 Å². The molecule has 1 rings (SSSR count). The number of oxime groups is 1. The van der Waals surface area contributed by atoms with Crippen LogP contribution in [0.5, 0.6) is 0 Å². The summed E-state index contributed by atoms with van der Waals surface area (Å²) in [7, 11) is 0. The van der Waals surface area contributed by atoms with Crippen LogP contribution in [0.4, 0.5) is 5.69 Å². The van der Waals surface area contributed by atoms with E-state index in [1.54, 1.807) is 6.07 Å². The lowest BCUT2D eigenvalue weighted by atomic mass is 10.1. The zero-order chi connectivity index (χ0) is 10.6. The van der Waals surface area contributed by atoms with Crippen molar-refractivity contribution in [2.45, 2.75) is 0 Å². The molecule has 0 amide bonds. The third kappa shape index (κ3) is 1.84. The smallest absolute Gasteiger partial charge is 0.279 e. The minimum atomic E-state index is -0.641. The Morgan fingerprint density at radius 1 is 1.64 bits per heavy atom. The van der Waals surface area contributed by atoms with Gasteiger partial charge in [-0.25, -0.2) is 0 Å². The van der Waals surface area contributed by atoms with Gasteiger partial charge in [0.05, 0.1) is 28.3 Å². The van der Waals surface area contributed by atoms with E-state index in [2.05, 4.69) is 5.16 Å². The monoisotopic (exact) mass is 191 g/mol. The molecule has 14 heavy (non-hydrogen) atoms. The molecule has 70 valence electrons. The molecule has 0 unspecified atom stereocenters. The van der Waals surface area contributed by atoms with Gasteiger partial charge in [0.1, 0.15) is 0 Å². The lowest BCUT2D eigenvalue weighted by Crippen LogP contribution is -1.95. The molecule has 1 N–H and O–H groups in total. The molecule has 0 aliphatic heterocycles. The fraction of sp³-hybridized carbons (Fsp3) is 0. The molecule has 6 heteroatoms. The molecule has 0 spiro atoms. The summed E-state index contributed by atoms with van der Waals surface area (Å²) in [6.07, 6.45) is 0.944. The van der Waals surface area contributed by atoms with Gasteiger partial charge in [-0.15, -0.1) is 0 Å². The summed E-state index contributed by atoms with van der Waals surface area (Å²) in [5.74, 6) is 0. The van der Waals surface area contributed by atoms with E-state index in [9.17, 15) is 10.1 Å². The molecule has 0 bridgehead atoms. The zero-order valence-corrected chi connectivity index (χ0v) is 6.91. The number of nitriles is 1. The van der Waals surface area contributed by atoms with E-state index in [1.807, 2.05) is 0 Å². The normalized spacial score (nSPS) is 9.93. The van der Waals surface area contributed by atoms with Crippen molar-refractivity contribution in [1.29, 1.82) is 5.26 Å². The number of rotatable bonds is 2. The number of nitro benzene ring substituents is 1. The van der Waals surface area contributed by atoms with Crippen molar-refractivity contribution in [2.24, 2.45) is 5.16 Å². The summed E-state index contributed by atoms with van der Waals surface area (Å²) in [5.41, 5.74) is 0.0742. The van der Waals surface area contributed by atoms with Crippen LogP contribution >= 0.6 is 0 Å². The maximum atomic E-state index is 10.5. The van der Waals surface area contributed by atoms with Crippen LogP contribution in [0.1, 0.15) is 11.1 Å². The third-order valence-electron chi connectivity index (χ3n) is 1.55. The second-order valence-electron chi connectivity index (χ2n) is 2.39. The highest BCUT2D eigenvalue weighted by Crippen LogP contribution is 2.18. The molecule has 0 atom stereocenters. The highest BCUT2D eigenvalue weighted by atomic mass is 16.6. The predicted octanol–water partition coefficient (Wildman–Crippen LogP) is 1.27. The molecule has 0 aromatic heterocycles. The fourth-order valence-electron chi connectivity index (χ4n) is 0.943. The summed E-state index contributed by atoms with van der Waals surface area (Å²) in [6.45, 7) is 0. The Kier molecular flexibility index (Phi) is 2.76. The SMILES string of the molecule is N#Cc1ccc(/C=N/O)c([N+](=O)[O-])c1. The number of benzene rings is 1. The van der Waals surface area contributed by atoms with E-state index >= 15 is 0 Å². The quantitative estimate of drug-likeness (QED) is 0.329.